The van der Waals surface area contributed by atoms with Crippen molar-refractivity contribution >= 4 is 37.6 Å². The van der Waals surface area contributed by atoms with E-state index in [0.29, 0.717) is 5.33 Å². The van der Waals surface area contributed by atoms with Gasteiger partial charge in [0.05, 0.1) is 5.33 Å². The van der Waals surface area contributed by atoms with E-state index in [2.05, 4.69) is 31.9 Å². The molecule has 2 aromatic carbocycles. The average molecular weight is 368 g/mol. The third kappa shape index (κ3) is 2.43. The van der Waals surface area contributed by atoms with Crippen molar-refractivity contribution in [3.63, 3.8) is 0 Å². The zero-order chi connectivity index (χ0) is 13.0. The summed E-state index contributed by atoms with van der Waals surface area (Å²) in [6.45, 7) is 0. The first kappa shape index (κ1) is 13.5. The molecule has 0 aliphatic carbocycles. The van der Waals surface area contributed by atoms with Crippen molar-refractivity contribution in [1.29, 1.82) is 0 Å². The second kappa shape index (κ2) is 5.81. The summed E-state index contributed by atoms with van der Waals surface area (Å²) in [6.07, 6.45) is 0. The molecular weight excluding hydrogens is 356 g/mol. The van der Waals surface area contributed by atoms with E-state index >= 15 is 0 Å². The topological polar surface area (TPSA) is 17.1 Å². The molecule has 0 unspecified atom stereocenters. The first-order valence-corrected chi connectivity index (χ1v) is 7.50. The van der Waals surface area contributed by atoms with Gasteiger partial charge in [0.1, 0.15) is 4.32 Å². The standard InChI is InChI=1S/C15H12Br2O/c16-11-14(18)15(17,12-7-3-1-4-8-12)13-9-5-2-6-10-13/h1-10H,11H2. The molecule has 0 bridgehead atoms. The van der Waals surface area contributed by atoms with Crippen molar-refractivity contribution in [2.45, 2.75) is 4.32 Å². The Morgan fingerprint density at radius 2 is 1.28 bits per heavy atom. The molecule has 0 N–H and O–H groups in total. The lowest BCUT2D eigenvalue weighted by atomic mass is 9.88. The molecule has 18 heavy (non-hydrogen) atoms. The van der Waals surface area contributed by atoms with E-state index in [1.807, 2.05) is 60.7 Å². The number of ketones is 1. The van der Waals surface area contributed by atoms with Crippen LogP contribution in [0.2, 0.25) is 0 Å². The lowest BCUT2D eigenvalue weighted by Gasteiger charge is -2.26. The van der Waals surface area contributed by atoms with Crippen LogP contribution in [0, 0.1) is 0 Å². The van der Waals surface area contributed by atoms with Crippen LogP contribution >= 0.6 is 31.9 Å². The Morgan fingerprint density at radius 1 is 0.889 bits per heavy atom. The van der Waals surface area contributed by atoms with Crippen molar-refractivity contribution in [1.82, 2.24) is 0 Å². The Labute approximate surface area is 123 Å². The van der Waals surface area contributed by atoms with Gasteiger partial charge in [0, 0.05) is 0 Å². The molecule has 0 saturated heterocycles. The van der Waals surface area contributed by atoms with Gasteiger partial charge in [-0.15, -0.1) is 0 Å². The van der Waals surface area contributed by atoms with Crippen LogP contribution in [0.3, 0.4) is 0 Å². The van der Waals surface area contributed by atoms with Gasteiger partial charge in [-0.3, -0.25) is 4.79 Å². The summed E-state index contributed by atoms with van der Waals surface area (Å²) < 4.78 is -0.779. The Hall–Kier alpha value is -0.930. The Kier molecular flexibility index (Phi) is 4.36. The SMILES string of the molecule is O=C(CBr)C(Br)(c1ccccc1)c1ccccc1. The Morgan fingerprint density at radius 3 is 1.61 bits per heavy atom. The third-order valence-corrected chi connectivity index (χ3v) is 4.72. The smallest absolute Gasteiger partial charge is 0.168 e. The van der Waals surface area contributed by atoms with Crippen LogP contribution in [0.1, 0.15) is 11.1 Å². The number of Topliss-reactive ketones (excluding diaryl/α,β-unsaturated/α-hetero) is 1. The second-order valence-electron chi connectivity index (χ2n) is 3.95. The number of halogens is 2. The van der Waals surface area contributed by atoms with E-state index in [1.165, 1.54) is 0 Å². The van der Waals surface area contributed by atoms with Gasteiger partial charge >= 0.3 is 0 Å². The minimum atomic E-state index is -0.779. The zero-order valence-corrected chi connectivity index (χ0v) is 12.8. The largest absolute Gasteiger partial charge is 0.296 e. The summed E-state index contributed by atoms with van der Waals surface area (Å²) in [5.41, 5.74) is 1.89. The van der Waals surface area contributed by atoms with Crippen molar-refractivity contribution in [2.24, 2.45) is 0 Å². The molecule has 0 amide bonds. The highest BCUT2D eigenvalue weighted by Crippen LogP contribution is 2.39. The maximum Gasteiger partial charge on any atom is 0.168 e. The van der Waals surface area contributed by atoms with Crippen LogP contribution in [0.25, 0.3) is 0 Å². The Balaban J connectivity index is 2.59. The van der Waals surface area contributed by atoms with Crippen LogP contribution in [-0.2, 0) is 9.12 Å². The number of carbonyl (C=O) groups excluding carboxylic acids is 1. The zero-order valence-electron chi connectivity index (χ0n) is 9.64. The van der Waals surface area contributed by atoms with Crippen molar-refractivity contribution in [3.8, 4) is 0 Å². The predicted octanol–water partition coefficient (Wildman–Crippen LogP) is 4.29. The first-order chi connectivity index (χ1) is 8.69. The molecule has 0 heterocycles. The van der Waals surface area contributed by atoms with E-state index in [0.717, 1.165) is 11.1 Å². The third-order valence-electron chi connectivity index (χ3n) is 2.85. The first-order valence-electron chi connectivity index (χ1n) is 5.59. The molecule has 2 aromatic rings. The lowest BCUT2D eigenvalue weighted by Crippen LogP contribution is -2.31. The maximum atomic E-state index is 12.3. The van der Waals surface area contributed by atoms with Gasteiger partial charge in [0.15, 0.2) is 5.78 Å². The number of carbonyl (C=O) groups is 1. The number of benzene rings is 2. The molecule has 0 aliphatic rings. The van der Waals surface area contributed by atoms with Crippen LogP contribution in [0.4, 0.5) is 0 Å². The van der Waals surface area contributed by atoms with E-state index in [-0.39, 0.29) is 5.78 Å². The summed E-state index contributed by atoms with van der Waals surface area (Å²) in [5, 5.41) is 0.308. The molecule has 0 atom stereocenters. The van der Waals surface area contributed by atoms with Crippen LogP contribution in [0.5, 0.6) is 0 Å². The monoisotopic (exact) mass is 366 g/mol. The summed E-state index contributed by atoms with van der Waals surface area (Å²) in [7, 11) is 0. The molecule has 0 radical (unpaired) electrons. The normalized spacial score (nSPS) is 11.2. The highest BCUT2D eigenvalue weighted by Gasteiger charge is 2.37. The summed E-state index contributed by atoms with van der Waals surface area (Å²) in [5.74, 6) is 0.0832. The Bertz CT molecular complexity index is 483. The fourth-order valence-electron chi connectivity index (χ4n) is 1.92. The summed E-state index contributed by atoms with van der Waals surface area (Å²) >= 11 is 6.91. The lowest BCUT2D eigenvalue weighted by molar-refractivity contribution is -0.117. The van der Waals surface area contributed by atoms with Gasteiger partial charge in [-0.2, -0.15) is 0 Å². The number of alkyl halides is 2. The van der Waals surface area contributed by atoms with E-state index in [9.17, 15) is 4.79 Å². The van der Waals surface area contributed by atoms with Crippen LogP contribution < -0.4 is 0 Å². The predicted molar refractivity (Wildman–Crippen MR) is 81.4 cm³/mol. The fourth-order valence-corrected chi connectivity index (χ4v) is 3.38. The van der Waals surface area contributed by atoms with Crippen molar-refractivity contribution in [2.75, 3.05) is 5.33 Å². The molecule has 0 spiro atoms. The molecule has 0 saturated carbocycles. The van der Waals surface area contributed by atoms with Gasteiger partial charge in [-0.1, -0.05) is 92.5 Å². The maximum absolute atomic E-state index is 12.3. The fraction of sp³-hybridized carbons (Fsp3) is 0.133. The highest BCUT2D eigenvalue weighted by molar-refractivity contribution is 9.10. The van der Waals surface area contributed by atoms with Gasteiger partial charge < -0.3 is 0 Å². The summed E-state index contributed by atoms with van der Waals surface area (Å²) in [6, 6.07) is 19.5. The summed E-state index contributed by atoms with van der Waals surface area (Å²) in [4.78, 5) is 12.3. The molecule has 92 valence electrons. The van der Waals surface area contributed by atoms with Gasteiger partial charge in [0.2, 0.25) is 0 Å². The molecule has 3 heteroatoms. The van der Waals surface area contributed by atoms with Gasteiger partial charge in [-0.05, 0) is 11.1 Å². The minimum absolute atomic E-state index is 0.0832. The number of rotatable bonds is 4. The van der Waals surface area contributed by atoms with E-state index in [4.69, 9.17) is 0 Å². The number of hydrogen-bond donors (Lipinski definition) is 0. The van der Waals surface area contributed by atoms with Crippen molar-refractivity contribution < 1.29 is 4.79 Å². The number of hydrogen-bond acceptors (Lipinski definition) is 1. The van der Waals surface area contributed by atoms with Gasteiger partial charge in [0.25, 0.3) is 0 Å². The molecule has 1 nitrogen and oxygen atoms in total. The van der Waals surface area contributed by atoms with E-state index < -0.39 is 4.32 Å². The van der Waals surface area contributed by atoms with Crippen LogP contribution in [-0.4, -0.2) is 11.1 Å². The second-order valence-corrected chi connectivity index (χ2v) is 5.70. The average Bonchev–Trinajstić information content (AvgIpc) is 2.47. The van der Waals surface area contributed by atoms with E-state index in [1.54, 1.807) is 0 Å². The van der Waals surface area contributed by atoms with Crippen molar-refractivity contribution in [3.05, 3.63) is 71.8 Å². The van der Waals surface area contributed by atoms with Crippen LogP contribution in [0.15, 0.2) is 60.7 Å². The molecule has 0 aromatic heterocycles. The van der Waals surface area contributed by atoms with Gasteiger partial charge in [-0.25, -0.2) is 0 Å². The molecule has 0 fully saturated rings. The highest BCUT2D eigenvalue weighted by atomic mass is 79.9. The molecule has 0 aliphatic heterocycles. The molecule has 2 rings (SSSR count). The molecular formula is C15H12Br2O. The minimum Gasteiger partial charge on any atom is -0.296 e. The quantitative estimate of drug-likeness (QED) is 0.736.